The van der Waals surface area contributed by atoms with Crippen LogP contribution in [0.1, 0.15) is 71.6 Å². The summed E-state index contributed by atoms with van der Waals surface area (Å²) in [5, 5.41) is 0. The quantitative estimate of drug-likeness (QED) is 0.622. The highest BCUT2D eigenvalue weighted by molar-refractivity contribution is 5.18. The molecule has 0 saturated heterocycles. The van der Waals surface area contributed by atoms with Crippen molar-refractivity contribution >= 4 is 0 Å². The topological polar surface area (TPSA) is 9.23 Å². The zero-order valence-corrected chi connectivity index (χ0v) is 13.9. The van der Waals surface area contributed by atoms with Crippen LogP contribution in [0.4, 0.5) is 0 Å². The normalized spacial score (nSPS) is 45.8. The van der Waals surface area contributed by atoms with Crippen LogP contribution in [0.2, 0.25) is 0 Å². The standard InChI is InChI=1S/C20H32O/c1-13(2)21-16-8-11-18-15(12-16)7-10-19-17-5-3-4-14(17)6-9-20(18)19/h7,13-14,16-20H,3-6,8-12H2,1-2H3. The summed E-state index contributed by atoms with van der Waals surface area (Å²) in [6.45, 7) is 4.36. The van der Waals surface area contributed by atoms with E-state index in [1.165, 1.54) is 38.5 Å². The molecule has 0 bridgehead atoms. The molecule has 0 amide bonds. The minimum absolute atomic E-state index is 0.386. The van der Waals surface area contributed by atoms with Gasteiger partial charge >= 0.3 is 0 Å². The molecular formula is C20H32O. The summed E-state index contributed by atoms with van der Waals surface area (Å²) in [7, 11) is 0. The summed E-state index contributed by atoms with van der Waals surface area (Å²) in [5.41, 5.74) is 1.78. The van der Waals surface area contributed by atoms with Gasteiger partial charge in [0.15, 0.2) is 0 Å². The molecule has 6 unspecified atom stereocenters. The number of rotatable bonds is 2. The van der Waals surface area contributed by atoms with E-state index in [2.05, 4.69) is 19.9 Å². The molecule has 4 aliphatic carbocycles. The number of hydrogen-bond donors (Lipinski definition) is 0. The predicted molar refractivity (Wildman–Crippen MR) is 87.1 cm³/mol. The van der Waals surface area contributed by atoms with Crippen LogP contribution in [0.3, 0.4) is 0 Å². The number of ether oxygens (including phenoxy) is 1. The molecule has 1 heteroatoms. The highest BCUT2D eigenvalue weighted by Gasteiger charge is 2.47. The van der Waals surface area contributed by atoms with Gasteiger partial charge in [0, 0.05) is 0 Å². The van der Waals surface area contributed by atoms with Gasteiger partial charge in [-0.1, -0.05) is 24.5 Å². The lowest BCUT2D eigenvalue weighted by molar-refractivity contribution is -0.0216. The van der Waals surface area contributed by atoms with Crippen LogP contribution in [0.5, 0.6) is 0 Å². The van der Waals surface area contributed by atoms with Gasteiger partial charge in [-0.3, -0.25) is 0 Å². The van der Waals surface area contributed by atoms with Crippen molar-refractivity contribution in [2.45, 2.75) is 83.8 Å². The highest BCUT2D eigenvalue weighted by Crippen LogP contribution is 2.56. The number of fused-ring (bicyclic) bond motifs is 5. The molecule has 0 heterocycles. The third kappa shape index (κ3) is 2.60. The molecule has 0 radical (unpaired) electrons. The Morgan fingerprint density at radius 1 is 0.952 bits per heavy atom. The Morgan fingerprint density at radius 3 is 2.71 bits per heavy atom. The molecule has 0 aliphatic heterocycles. The fourth-order valence-corrected chi connectivity index (χ4v) is 6.35. The molecule has 0 spiro atoms. The Balaban J connectivity index is 1.48. The van der Waals surface area contributed by atoms with Crippen LogP contribution in [0, 0.1) is 29.6 Å². The first-order valence-electron chi connectivity index (χ1n) is 9.56. The lowest BCUT2D eigenvalue weighted by atomic mass is 9.57. The maximum atomic E-state index is 6.10. The van der Waals surface area contributed by atoms with E-state index >= 15 is 0 Å². The zero-order chi connectivity index (χ0) is 14.4. The number of hydrogen-bond acceptors (Lipinski definition) is 1. The third-order valence-corrected chi connectivity index (χ3v) is 7.06. The van der Waals surface area contributed by atoms with Crippen molar-refractivity contribution < 1.29 is 4.74 Å². The van der Waals surface area contributed by atoms with Gasteiger partial charge in [-0.15, -0.1) is 0 Å². The molecule has 0 aromatic carbocycles. The average molecular weight is 288 g/mol. The second kappa shape index (κ2) is 5.72. The van der Waals surface area contributed by atoms with Crippen LogP contribution in [-0.4, -0.2) is 12.2 Å². The summed E-state index contributed by atoms with van der Waals surface area (Å²) in [5.74, 6) is 5.19. The molecule has 6 atom stereocenters. The summed E-state index contributed by atoms with van der Waals surface area (Å²) in [4.78, 5) is 0. The van der Waals surface area contributed by atoms with E-state index in [4.69, 9.17) is 4.74 Å². The van der Waals surface area contributed by atoms with Crippen molar-refractivity contribution in [2.24, 2.45) is 29.6 Å². The smallest absolute Gasteiger partial charge is 0.0616 e. The molecule has 4 aliphatic rings. The minimum atomic E-state index is 0.386. The second-order valence-electron chi connectivity index (χ2n) is 8.47. The summed E-state index contributed by atoms with van der Waals surface area (Å²) in [6, 6.07) is 0. The first-order valence-corrected chi connectivity index (χ1v) is 9.56. The number of allylic oxidation sites excluding steroid dienone is 1. The molecule has 0 N–H and O–H groups in total. The zero-order valence-electron chi connectivity index (χ0n) is 13.9. The van der Waals surface area contributed by atoms with E-state index in [0.717, 1.165) is 29.6 Å². The molecule has 3 saturated carbocycles. The van der Waals surface area contributed by atoms with Crippen LogP contribution >= 0.6 is 0 Å². The molecule has 0 aromatic rings. The van der Waals surface area contributed by atoms with Crippen LogP contribution < -0.4 is 0 Å². The summed E-state index contributed by atoms with van der Waals surface area (Å²) in [6.07, 6.45) is 16.6. The van der Waals surface area contributed by atoms with Crippen LogP contribution in [0.25, 0.3) is 0 Å². The van der Waals surface area contributed by atoms with Crippen molar-refractivity contribution in [2.75, 3.05) is 0 Å². The van der Waals surface area contributed by atoms with E-state index in [0.29, 0.717) is 12.2 Å². The molecule has 1 nitrogen and oxygen atoms in total. The highest BCUT2D eigenvalue weighted by atomic mass is 16.5. The van der Waals surface area contributed by atoms with E-state index in [1.807, 2.05) is 0 Å². The first-order chi connectivity index (χ1) is 10.2. The Labute approximate surface area is 130 Å². The van der Waals surface area contributed by atoms with Crippen LogP contribution in [-0.2, 0) is 4.74 Å². The predicted octanol–water partition coefficient (Wildman–Crippen LogP) is 5.35. The van der Waals surface area contributed by atoms with E-state index < -0.39 is 0 Å². The molecule has 3 fully saturated rings. The van der Waals surface area contributed by atoms with Crippen molar-refractivity contribution in [3.8, 4) is 0 Å². The minimum Gasteiger partial charge on any atom is -0.375 e. The Hall–Kier alpha value is -0.300. The van der Waals surface area contributed by atoms with Crippen molar-refractivity contribution in [1.82, 2.24) is 0 Å². The van der Waals surface area contributed by atoms with Crippen molar-refractivity contribution in [3.05, 3.63) is 11.6 Å². The van der Waals surface area contributed by atoms with Gasteiger partial charge in [0.1, 0.15) is 0 Å². The van der Waals surface area contributed by atoms with E-state index in [-0.39, 0.29) is 0 Å². The molecular weight excluding hydrogens is 256 g/mol. The molecule has 0 aromatic heterocycles. The maximum Gasteiger partial charge on any atom is 0.0616 e. The monoisotopic (exact) mass is 288 g/mol. The van der Waals surface area contributed by atoms with E-state index in [1.54, 1.807) is 24.8 Å². The summed E-state index contributed by atoms with van der Waals surface area (Å²) >= 11 is 0. The maximum absolute atomic E-state index is 6.10. The van der Waals surface area contributed by atoms with Gasteiger partial charge in [0.25, 0.3) is 0 Å². The van der Waals surface area contributed by atoms with Crippen LogP contribution in [0.15, 0.2) is 11.6 Å². The van der Waals surface area contributed by atoms with Gasteiger partial charge in [0.2, 0.25) is 0 Å². The molecule has 4 rings (SSSR count). The van der Waals surface area contributed by atoms with Gasteiger partial charge in [-0.05, 0) is 88.4 Å². The fraction of sp³-hybridized carbons (Fsp3) is 0.900. The lowest BCUT2D eigenvalue weighted by Gasteiger charge is -2.49. The lowest BCUT2D eigenvalue weighted by Crippen LogP contribution is -2.41. The Bertz CT molecular complexity index is 410. The second-order valence-corrected chi connectivity index (χ2v) is 8.47. The van der Waals surface area contributed by atoms with Gasteiger partial charge in [0.05, 0.1) is 12.2 Å². The molecule has 21 heavy (non-hydrogen) atoms. The fourth-order valence-electron chi connectivity index (χ4n) is 6.35. The SMILES string of the molecule is CC(C)OC1CCC2C(=CCC3C4CCCC4CCC23)C1. The van der Waals surface area contributed by atoms with E-state index in [9.17, 15) is 0 Å². The largest absolute Gasteiger partial charge is 0.375 e. The van der Waals surface area contributed by atoms with Crippen molar-refractivity contribution in [1.29, 1.82) is 0 Å². The third-order valence-electron chi connectivity index (χ3n) is 7.06. The Kier molecular flexibility index (Phi) is 3.90. The first kappa shape index (κ1) is 14.3. The van der Waals surface area contributed by atoms with Crippen molar-refractivity contribution in [3.63, 3.8) is 0 Å². The Morgan fingerprint density at radius 2 is 1.86 bits per heavy atom. The van der Waals surface area contributed by atoms with Gasteiger partial charge < -0.3 is 4.74 Å². The molecule has 118 valence electrons. The van der Waals surface area contributed by atoms with Gasteiger partial charge in [-0.2, -0.15) is 0 Å². The van der Waals surface area contributed by atoms with Gasteiger partial charge in [-0.25, -0.2) is 0 Å². The average Bonchev–Trinajstić information content (AvgIpc) is 2.94. The summed E-state index contributed by atoms with van der Waals surface area (Å²) < 4.78 is 6.10.